The molecular weight excluding hydrogens is 531 g/mol. The minimum absolute atomic E-state index is 0.0383. The quantitative estimate of drug-likeness (QED) is 0.388. The van der Waals surface area contributed by atoms with Crippen LogP contribution < -0.4 is 10.6 Å². The van der Waals surface area contributed by atoms with Crippen molar-refractivity contribution in [2.45, 2.75) is 44.8 Å². The molecule has 0 saturated heterocycles. The fourth-order valence-corrected chi connectivity index (χ4v) is 3.97. The molecule has 2 aromatic rings. The maximum Gasteiger partial charge on any atom is 0.408 e. The molecule has 184 valence electrons. The minimum Gasteiger partial charge on any atom is -0.467 e. The van der Waals surface area contributed by atoms with Crippen LogP contribution in [0.1, 0.15) is 34.0 Å². The first-order valence-electron chi connectivity index (χ1n) is 10.00. The summed E-state index contributed by atoms with van der Waals surface area (Å²) in [5.74, 6) is -4.89. The van der Waals surface area contributed by atoms with E-state index in [1.807, 2.05) is 5.32 Å². The van der Waals surface area contributed by atoms with Crippen molar-refractivity contribution in [2.75, 3.05) is 12.4 Å². The lowest BCUT2D eigenvalue weighted by molar-refractivity contribution is -0.143. The highest BCUT2D eigenvalue weighted by molar-refractivity contribution is 9.10. The zero-order chi connectivity index (χ0) is 25.2. The van der Waals surface area contributed by atoms with Crippen molar-refractivity contribution < 1.29 is 41.0 Å². The van der Waals surface area contributed by atoms with Crippen molar-refractivity contribution >= 4 is 33.5 Å². The molecule has 2 atom stereocenters. The zero-order valence-corrected chi connectivity index (χ0v) is 19.6. The molecule has 0 unspecified atom stereocenters. The molecule has 0 aromatic heterocycles. The SMILES string of the molecule is COC(=O)[C@H](Cc1ccc(Br)c2c1COC2)NC(=O)c1c(F)cc(N[C@H](C)C(F)(F)F)cc1F. The number of anilines is 1. The number of hydrogen-bond acceptors (Lipinski definition) is 5. The van der Waals surface area contributed by atoms with Crippen molar-refractivity contribution in [3.8, 4) is 0 Å². The number of esters is 1. The highest BCUT2D eigenvalue weighted by Crippen LogP contribution is 2.31. The Hall–Kier alpha value is -2.73. The Bertz CT molecular complexity index is 1090. The average Bonchev–Trinajstić information content (AvgIpc) is 3.24. The Labute approximate surface area is 199 Å². The molecule has 2 aromatic carbocycles. The van der Waals surface area contributed by atoms with Gasteiger partial charge in [0.25, 0.3) is 5.91 Å². The Balaban J connectivity index is 1.83. The van der Waals surface area contributed by atoms with Gasteiger partial charge in [0.05, 0.1) is 20.3 Å². The third-order valence-corrected chi connectivity index (χ3v) is 6.07. The molecule has 1 amide bonds. The van der Waals surface area contributed by atoms with E-state index in [0.29, 0.717) is 30.9 Å². The van der Waals surface area contributed by atoms with Crippen LogP contribution in [-0.4, -0.2) is 37.2 Å². The summed E-state index contributed by atoms with van der Waals surface area (Å²) in [4.78, 5) is 25.0. The van der Waals surface area contributed by atoms with Crippen LogP contribution in [0.4, 0.5) is 27.6 Å². The number of alkyl halides is 3. The van der Waals surface area contributed by atoms with Gasteiger partial charge >= 0.3 is 12.1 Å². The summed E-state index contributed by atoms with van der Waals surface area (Å²) >= 11 is 3.42. The Morgan fingerprint density at radius 2 is 1.76 bits per heavy atom. The molecule has 1 aliphatic heterocycles. The van der Waals surface area contributed by atoms with Crippen LogP contribution in [0.3, 0.4) is 0 Å². The molecule has 0 saturated carbocycles. The second-order valence-corrected chi connectivity index (χ2v) is 8.49. The predicted molar refractivity (Wildman–Crippen MR) is 115 cm³/mol. The number of benzene rings is 2. The lowest BCUT2D eigenvalue weighted by atomic mass is 9.97. The summed E-state index contributed by atoms with van der Waals surface area (Å²) in [6.45, 7) is 1.43. The van der Waals surface area contributed by atoms with Crippen LogP contribution in [0.25, 0.3) is 0 Å². The van der Waals surface area contributed by atoms with Crippen LogP contribution in [0.15, 0.2) is 28.7 Å². The molecule has 34 heavy (non-hydrogen) atoms. The van der Waals surface area contributed by atoms with Gasteiger partial charge in [-0.1, -0.05) is 22.0 Å². The van der Waals surface area contributed by atoms with Crippen LogP contribution >= 0.6 is 15.9 Å². The number of amides is 1. The van der Waals surface area contributed by atoms with Crippen LogP contribution in [-0.2, 0) is 33.9 Å². The molecule has 0 spiro atoms. The van der Waals surface area contributed by atoms with E-state index >= 15 is 0 Å². The van der Waals surface area contributed by atoms with Gasteiger partial charge < -0.3 is 20.1 Å². The maximum absolute atomic E-state index is 14.5. The number of carbonyl (C=O) groups is 2. The molecule has 6 nitrogen and oxygen atoms in total. The molecule has 3 rings (SSSR count). The molecule has 1 heterocycles. The molecule has 0 aliphatic carbocycles. The first-order chi connectivity index (χ1) is 15.9. The number of halogens is 6. The van der Waals surface area contributed by atoms with E-state index in [9.17, 15) is 31.5 Å². The predicted octanol–water partition coefficient (Wildman–Crippen LogP) is 4.63. The normalized spacial score (nSPS) is 14.8. The molecule has 1 aliphatic rings. The molecule has 2 N–H and O–H groups in total. The van der Waals surface area contributed by atoms with Crippen molar-refractivity contribution in [2.24, 2.45) is 0 Å². The summed E-state index contributed by atoms with van der Waals surface area (Å²) in [5.41, 5.74) is 0.854. The van der Waals surface area contributed by atoms with Crippen molar-refractivity contribution in [3.05, 3.63) is 62.6 Å². The fourth-order valence-electron chi connectivity index (χ4n) is 3.49. The van der Waals surface area contributed by atoms with E-state index in [1.54, 1.807) is 12.1 Å². The minimum atomic E-state index is -4.64. The monoisotopic (exact) mass is 550 g/mol. The Morgan fingerprint density at radius 1 is 1.15 bits per heavy atom. The van der Waals surface area contributed by atoms with E-state index in [2.05, 4.69) is 21.2 Å². The van der Waals surface area contributed by atoms with Gasteiger partial charge in [0.15, 0.2) is 0 Å². The number of nitrogens with one attached hydrogen (secondary N) is 2. The highest BCUT2D eigenvalue weighted by Gasteiger charge is 2.36. The largest absolute Gasteiger partial charge is 0.467 e. The molecule has 12 heteroatoms. The summed E-state index contributed by atoms with van der Waals surface area (Å²) < 4.78 is 78.2. The van der Waals surface area contributed by atoms with Crippen molar-refractivity contribution in [3.63, 3.8) is 0 Å². The van der Waals surface area contributed by atoms with Gasteiger partial charge in [-0.3, -0.25) is 4.79 Å². The molecule has 0 radical (unpaired) electrons. The second-order valence-electron chi connectivity index (χ2n) is 7.63. The van der Waals surface area contributed by atoms with Crippen LogP contribution in [0, 0.1) is 11.6 Å². The lowest BCUT2D eigenvalue weighted by Gasteiger charge is -2.20. The summed E-state index contributed by atoms with van der Waals surface area (Å²) in [7, 11) is 1.10. The molecular formula is C22H20BrF5N2O4. The number of methoxy groups -OCH3 is 1. The van der Waals surface area contributed by atoms with Crippen LogP contribution in [0.2, 0.25) is 0 Å². The van der Waals surface area contributed by atoms with Crippen molar-refractivity contribution in [1.29, 1.82) is 0 Å². The van der Waals surface area contributed by atoms with E-state index in [0.717, 1.165) is 29.6 Å². The van der Waals surface area contributed by atoms with Gasteiger partial charge in [0.1, 0.15) is 29.3 Å². The van der Waals surface area contributed by atoms with Gasteiger partial charge in [-0.05, 0) is 41.8 Å². The number of hydrogen-bond donors (Lipinski definition) is 2. The summed E-state index contributed by atoms with van der Waals surface area (Å²) in [6.07, 6.45) is -4.68. The maximum atomic E-state index is 14.5. The topological polar surface area (TPSA) is 76.7 Å². The molecule has 0 fully saturated rings. The van der Waals surface area contributed by atoms with Gasteiger partial charge in [0.2, 0.25) is 0 Å². The van der Waals surface area contributed by atoms with E-state index in [1.165, 1.54) is 0 Å². The number of carbonyl (C=O) groups excluding carboxylic acids is 2. The fraction of sp³-hybridized carbons (Fsp3) is 0.364. The van der Waals surface area contributed by atoms with E-state index in [4.69, 9.17) is 9.47 Å². The zero-order valence-electron chi connectivity index (χ0n) is 18.0. The number of rotatable bonds is 7. The summed E-state index contributed by atoms with van der Waals surface area (Å²) in [6, 6.07) is 1.27. The van der Waals surface area contributed by atoms with Gasteiger partial charge in [-0.15, -0.1) is 0 Å². The third kappa shape index (κ3) is 5.66. The first-order valence-corrected chi connectivity index (χ1v) is 10.8. The smallest absolute Gasteiger partial charge is 0.408 e. The van der Waals surface area contributed by atoms with E-state index in [-0.39, 0.29) is 6.42 Å². The first kappa shape index (κ1) is 25.9. The standard InChI is InChI=1S/C22H20BrF5N2O4/c1-10(22(26,27)28)29-12-6-16(24)19(17(25)7-12)20(31)30-18(21(32)33-2)5-11-3-4-15(23)14-9-34-8-13(11)14/h3-4,6-7,10,18,29H,5,8-9H2,1-2H3,(H,30,31)/t10-,18+/m1/s1. The van der Waals surface area contributed by atoms with Crippen LogP contribution in [0.5, 0.6) is 0 Å². The number of ether oxygens (including phenoxy) is 2. The van der Waals surface area contributed by atoms with Gasteiger partial charge in [0, 0.05) is 16.6 Å². The van der Waals surface area contributed by atoms with Crippen molar-refractivity contribution in [1.82, 2.24) is 5.32 Å². The highest BCUT2D eigenvalue weighted by atomic mass is 79.9. The third-order valence-electron chi connectivity index (χ3n) is 5.32. The molecule has 0 bridgehead atoms. The summed E-state index contributed by atoms with van der Waals surface area (Å²) in [5, 5.41) is 4.19. The average molecular weight is 551 g/mol. The van der Waals surface area contributed by atoms with E-state index < -0.39 is 53.0 Å². The lowest BCUT2D eigenvalue weighted by Crippen LogP contribution is -2.43. The Morgan fingerprint density at radius 3 is 2.35 bits per heavy atom. The second kappa shape index (κ2) is 10.3. The Kier molecular flexibility index (Phi) is 7.81. The van der Waals surface area contributed by atoms with Gasteiger partial charge in [-0.2, -0.15) is 13.2 Å². The number of fused-ring (bicyclic) bond motifs is 1. The van der Waals surface area contributed by atoms with Gasteiger partial charge in [-0.25, -0.2) is 13.6 Å².